The zero-order valence-electron chi connectivity index (χ0n) is 14.2. The van der Waals surface area contributed by atoms with Gasteiger partial charge in [0.15, 0.2) is 5.78 Å². The minimum absolute atomic E-state index is 0.107. The number of hydrogen-bond acceptors (Lipinski definition) is 3. The zero-order chi connectivity index (χ0) is 18.1. The molecule has 1 aliphatic rings. The molecule has 0 fully saturated rings. The van der Waals surface area contributed by atoms with Gasteiger partial charge in [0.1, 0.15) is 11.3 Å². The van der Waals surface area contributed by atoms with Crippen LogP contribution in [0.3, 0.4) is 0 Å². The number of aromatic nitrogens is 2. The van der Waals surface area contributed by atoms with Crippen molar-refractivity contribution in [2.75, 3.05) is 12.1 Å². The Balaban J connectivity index is 1.81. The predicted molar refractivity (Wildman–Crippen MR) is 103 cm³/mol. The molecule has 3 aromatic rings. The molecule has 2 aromatic heterocycles. The first-order valence-electron chi connectivity index (χ1n) is 8.26. The summed E-state index contributed by atoms with van der Waals surface area (Å²) in [7, 11) is 1.73. The molecule has 4 rings (SSSR count). The monoisotopic (exact) mass is 340 g/mol. The lowest BCUT2D eigenvalue weighted by molar-refractivity contribution is -0.113. The van der Waals surface area contributed by atoms with Crippen molar-refractivity contribution in [3.8, 4) is 11.1 Å². The number of rotatable bonds is 3. The lowest BCUT2D eigenvalue weighted by atomic mass is 9.98. The van der Waals surface area contributed by atoms with Crippen molar-refractivity contribution in [2.24, 2.45) is 0 Å². The highest BCUT2D eigenvalue weighted by Crippen LogP contribution is 2.31. The number of nitrogens with zero attached hydrogens (tertiary/aromatic N) is 3. The van der Waals surface area contributed by atoms with E-state index in [1.54, 1.807) is 13.1 Å². The number of carbonyl (C=O) groups excluding carboxylic acids is 1. The van der Waals surface area contributed by atoms with Gasteiger partial charge in [-0.15, -0.1) is 0 Å². The molecule has 0 saturated heterocycles. The van der Waals surface area contributed by atoms with Crippen molar-refractivity contribution < 1.29 is 4.79 Å². The van der Waals surface area contributed by atoms with E-state index in [1.807, 2.05) is 48.8 Å². The molecule has 0 atom stereocenters. The Hall–Kier alpha value is -3.65. The quantitative estimate of drug-likeness (QED) is 0.567. The first-order chi connectivity index (χ1) is 12.7. The third-order valence-electron chi connectivity index (χ3n) is 4.48. The SMILES string of the molecule is [C-]#[N+]N(C)c1cccc(-c2cnc3[nH]cc(C4=CC(=O)CC=C4)c3c2)c1. The highest BCUT2D eigenvalue weighted by Gasteiger charge is 2.13. The molecule has 5 nitrogen and oxygen atoms in total. The minimum Gasteiger partial charge on any atom is -0.346 e. The number of carbonyl (C=O) groups is 1. The summed E-state index contributed by atoms with van der Waals surface area (Å²) in [5, 5.41) is 2.47. The molecular weight excluding hydrogens is 324 g/mol. The van der Waals surface area contributed by atoms with E-state index in [0.717, 1.165) is 39.0 Å². The van der Waals surface area contributed by atoms with E-state index in [0.29, 0.717) is 6.42 Å². The van der Waals surface area contributed by atoms with Crippen LogP contribution in [0.15, 0.2) is 61.0 Å². The number of nitrogens with one attached hydrogen (secondary N) is 1. The van der Waals surface area contributed by atoms with Gasteiger partial charge < -0.3 is 4.98 Å². The van der Waals surface area contributed by atoms with Crippen LogP contribution < -0.4 is 5.01 Å². The summed E-state index contributed by atoms with van der Waals surface area (Å²) in [6.07, 6.45) is 9.70. The van der Waals surface area contributed by atoms with Crippen molar-refractivity contribution >= 4 is 28.1 Å². The minimum atomic E-state index is 0.107. The van der Waals surface area contributed by atoms with Crippen LogP contribution in [0.5, 0.6) is 0 Å². The largest absolute Gasteiger partial charge is 0.346 e. The Morgan fingerprint density at radius 3 is 2.96 bits per heavy atom. The van der Waals surface area contributed by atoms with E-state index in [-0.39, 0.29) is 5.78 Å². The van der Waals surface area contributed by atoms with E-state index >= 15 is 0 Å². The van der Waals surface area contributed by atoms with E-state index in [1.165, 1.54) is 5.01 Å². The molecule has 0 unspecified atom stereocenters. The third-order valence-corrected chi connectivity index (χ3v) is 4.48. The van der Waals surface area contributed by atoms with E-state index in [2.05, 4.69) is 21.0 Å². The number of pyridine rings is 1. The molecule has 2 heterocycles. The van der Waals surface area contributed by atoms with Gasteiger partial charge >= 0.3 is 0 Å². The maximum Gasteiger partial charge on any atom is 0.160 e. The molecular formula is C21H16N4O. The molecule has 26 heavy (non-hydrogen) atoms. The van der Waals surface area contributed by atoms with Crippen molar-refractivity contribution in [1.82, 2.24) is 9.97 Å². The predicted octanol–water partition coefficient (Wildman–Crippen LogP) is 4.41. The second kappa shape index (κ2) is 6.34. The topological polar surface area (TPSA) is 53.4 Å². The third kappa shape index (κ3) is 2.78. The number of aromatic amines is 1. The van der Waals surface area contributed by atoms with Gasteiger partial charge in [-0.1, -0.05) is 29.3 Å². The van der Waals surface area contributed by atoms with Crippen LogP contribution in [0.25, 0.3) is 32.7 Å². The van der Waals surface area contributed by atoms with Gasteiger partial charge in [0.2, 0.25) is 0 Å². The zero-order valence-corrected chi connectivity index (χ0v) is 14.2. The maximum atomic E-state index is 11.7. The molecule has 0 radical (unpaired) electrons. The molecule has 0 spiro atoms. The highest BCUT2D eigenvalue weighted by molar-refractivity contribution is 6.06. The molecule has 1 aromatic carbocycles. The summed E-state index contributed by atoms with van der Waals surface area (Å²) < 4.78 is 0. The fraction of sp³-hybridized carbons (Fsp3) is 0.0952. The summed E-state index contributed by atoms with van der Waals surface area (Å²) in [5.74, 6) is 0.107. The van der Waals surface area contributed by atoms with Crippen LogP contribution >= 0.6 is 0 Å². The number of fused-ring (bicyclic) bond motifs is 1. The van der Waals surface area contributed by atoms with Crippen molar-refractivity contribution in [3.05, 3.63) is 78.0 Å². The van der Waals surface area contributed by atoms with Gasteiger partial charge in [-0.05, 0) is 35.4 Å². The van der Waals surface area contributed by atoms with E-state index in [9.17, 15) is 4.79 Å². The molecule has 0 bridgehead atoms. The van der Waals surface area contributed by atoms with Crippen LogP contribution in [0.1, 0.15) is 12.0 Å². The Morgan fingerprint density at radius 2 is 2.15 bits per heavy atom. The standard InChI is InChI=1S/C21H16N4O/c1-22-25(2)17-7-3-5-14(9-17)16-11-19-20(13-24-21(19)23-12-16)15-6-4-8-18(26)10-15/h3-7,9-13H,8H2,2H3,(H,23,24). The average Bonchev–Trinajstić information content (AvgIpc) is 3.10. The maximum absolute atomic E-state index is 11.7. The van der Waals surface area contributed by atoms with Gasteiger partial charge in [0.25, 0.3) is 0 Å². The number of hydrogen-bond donors (Lipinski definition) is 1. The van der Waals surface area contributed by atoms with Crippen LogP contribution in [0, 0.1) is 6.57 Å². The number of allylic oxidation sites excluding steroid dienone is 4. The Bertz CT molecular complexity index is 1110. The second-order valence-corrected chi connectivity index (χ2v) is 6.17. The molecule has 0 amide bonds. The Kier molecular flexibility index (Phi) is 3.86. The molecule has 0 aliphatic heterocycles. The second-order valence-electron chi connectivity index (χ2n) is 6.17. The smallest absolute Gasteiger partial charge is 0.160 e. The van der Waals surface area contributed by atoms with Crippen LogP contribution in [-0.4, -0.2) is 22.8 Å². The lowest BCUT2D eigenvalue weighted by Gasteiger charge is -2.08. The summed E-state index contributed by atoms with van der Waals surface area (Å²) in [6, 6.07) is 9.87. The number of benzene rings is 1. The van der Waals surface area contributed by atoms with Gasteiger partial charge in [-0.2, -0.15) is 11.5 Å². The highest BCUT2D eigenvalue weighted by atomic mass is 16.1. The Labute approximate surface area is 151 Å². The van der Waals surface area contributed by atoms with Crippen LogP contribution in [-0.2, 0) is 4.79 Å². The summed E-state index contributed by atoms with van der Waals surface area (Å²) in [4.78, 5) is 22.9. The first kappa shape index (κ1) is 15.9. The first-order valence-corrected chi connectivity index (χ1v) is 8.26. The van der Waals surface area contributed by atoms with Gasteiger partial charge in [-0.25, -0.2) is 4.98 Å². The van der Waals surface area contributed by atoms with Gasteiger partial charge in [-0.3, -0.25) is 4.79 Å². The summed E-state index contributed by atoms with van der Waals surface area (Å²) in [6.45, 7) is 7.16. The van der Waals surface area contributed by atoms with Gasteiger partial charge in [0, 0.05) is 35.3 Å². The fourth-order valence-electron chi connectivity index (χ4n) is 3.09. The van der Waals surface area contributed by atoms with Crippen LogP contribution in [0.2, 0.25) is 0 Å². The number of ketones is 1. The van der Waals surface area contributed by atoms with E-state index < -0.39 is 0 Å². The van der Waals surface area contributed by atoms with Crippen molar-refractivity contribution in [1.29, 1.82) is 0 Å². The number of anilines is 1. The molecule has 126 valence electrons. The molecule has 1 N–H and O–H groups in total. The summed E-state index contributed by atoms with van der Waals surface area (Å²) in [5.41, 5.74) is 5.43. The lowest BCUT2D eigenvalue weighted by Crippen LogP contribution is -2.04. The summed E-state index contributed by atoms with van der Waals surface area (Å²) >= 11 is 0. The van der Waals surface area contributed by atoms with Crippen molar-refractivity contribution in [3.63, 3.8) is 0 Å². The molecule has 1 aliphatic carbocycles. The molecule has 0 saturated carbocycles. The van der Waals surface area contributed by atoms with Gasteiger partial charge in [0.05, 0.1) is 7.05 Å². The fourth-order valence-corrected chi connectivity index (χ4v) is 3.09. The normalized spacial score (nSPS) is 13.5. The van der Waals surface area contributed by atoms with Crippen LogP contribution in [0.4, 0.5) is 5.69 Å². The average molecular weight is 340 g/mol. The van der Waals surface area contributed by atoms with E-state index in [4.69, 9.17) is 6.57 Å². The van der Waals surface area contributed by atoms with Crippen molar-refractivity contribution in [2.45, 2.75) is 6.42 Å². The Morgan fingerprint density at radius 1 is 1.27 bits per heavy atom. The number of H-pyrrole nitrogens is 1. The molecule has 5 heteroatoms.